The Morgan fingerprint density at radius 3 is 2.71 bits per heavy atom. The van der Waals surface area contributed by atoms with Gasteiger partial charge in [-0.05, 0) is 102 Å². The second-order valence-corrected chi connectivity index (χ2v) is 10.4. The summed E-state index contributed by atoms with van der Waals surface area (Å²) in [5.41, 5.74) is 6.11. The number of aryl methyl sites for hydroxylation is 2. The predicted octanol–water partition coefficient (Wildman–Crippen LogP) is 7.21. The average molecular weight is 414 g/mol. The van der Waals surface area contributed by atoms with Crippen molar-refractivity contribution in [1.82, 2.24) is 0 Å². The normalized spacial score (nSPS) is 31.3. The molecule has 0 saturated heterocycles. The van der Waals surface area contributed by atoms with E-state index in [-0.39, 0.29) is 0 Å². The van der Waals surface area contributed by atoms with Crippen molar-refractivity contribution >= 4 is 0 Å². The summed E-state index contributed by atoms with van der Waals surface area (Å²) in [5.74, 6) is 4.01. The van der Waals surface area contributed by atoms with Crippen molar-refractivity contribution in [3.05, 3.63) is 64.7 Å². The van der Waals surface area contributed by atoms with Crippen LogP contribution in [-0.2, 0) is 19.4 Å². The van der Waals surface area contributed by atoms with Crippen molar-refractivity contribution in [1.29, 1.82) is 5.26 Å². The van der Waals surface area contributed by atoms with Crippen molar-refractivity contribution < 1.29 is 4.74 Å². The van der Waals surface area contributed by atoms with Crippen LogP contribution in [0.2, 0.25) is 0 Å². The first-order valence-electron chi connectivity index (χ1n) is 12.3. The molecule has 162 valence electrons. The monoisotopic (exact) mass is 413 g/mol. The highest BCUT2D eigenvalue weighted by Gasteiger charge is 2.54. The minimum Gasteiger partial charge on any atom is -0.489 e. The average Bonchev–Trinajstić information content (AvgIpc) is 3.14. The Balaban J connectivity index is 1.39. The molecular weight excluding hydrogens is 378 g/mol. The molecule has 0 aliphatic heterocycles. The molecule has 2 saturated carbocycles. The highest BCUT2D eigenvalue weighted by atomic mass is 16.5. The molecule has 2 aromatic carbocycles. The lowest BCUT2D eigenvalue weighted by Crippen LogP contribution is -2.42. The van der Waals surface area contributed by atoms with Gasteiger partial charge in [0.15, 0.2) is 0 Å². The molecule has 2 fully saturated rings. The van der Waals surface area contributed by atoms with Crippen molar-refractivity contribution in [3.63, 3.8) is 0 Å². The predicted molar refractivity (Wildman–Crippen MR) is 125 cm³/mol. The smallest absolute Gasteiger partial charge is 0.123 e. The molecule has 0 aromatic heterocycles. The zero-order valence-electron chi connectivity index (χ0n) is 19.1. The summed E-state index contributed by atoms with van der Waals surface area (Å²) in [4.78, 5) is 0. The SMILES string of the molecule is CCc1cc2c(cc1OCc1ccccc1)CCC1C2CC[C@@]2(C)C1CC[C@@H]2CC#N. The fourth-order valence-electron chi connectivity index (χ4n) is 7.35. The van der Waals surface area contributed by atoms with Gasteiger partial charge >= 0.3 is 0 Å². The summed E-state index contributed by atoms with van der Waals surface area (Å²) < 4.78 is 6.31. The molecule has 0 spiro atoms. The number of fused-ring (bicyclic) bond motifs is 5. The molecule has 5 atom stereocenters. The first-order valence-corrected chi connectivity index (χ1v) is 12.3. The van der Waals surface area contributed by atoms with Crippen LogP contribution in [0.25, 0.3) is 0 Å². The third-order valence-corrected chi connectivity index (χ3v) is 9.06. The Labute approximate surface area is 187 Å². The Kier molecular flexibility index (Phi) is 5.55. The van der Waals surface area contributed by atoms with Crippen LogP contribution in [0.4, 0.5) is 0 Å². The van der Waals surface area contributed by atoms with E-state index in [9.17, 15) is 5.26 Å². The van der Waals surface area contributed by atoms with E-state index < -0.39 is 0 Å². The Hall–Kier alpha value is -2.27. The second-order valence-electron chi connectivity index (χ2n) is 10.4. The minimum atomic E-state index is 0.390. The van der Waals surface area contributed by atoms with E-state index >= 15 is 0 Å². The van der Waals surface area contributed by atoms with Gasteiger partial charge in [-0.15, -0.1) is 0 Å². The fourth-order valence-corrected chi connectivity index (χ4v) is 7.35. The zero-order chi connectivity index (χ0) is 21.4. The summed E-state index contributed by atoms with van der Waals surface area (Å²) in [6.45, 7) is 5.40. The number of nitrogens with zero attached hydrogens (tertiary/aromatic N) is 1. The number of rotatable bonds is 5. The maximum atomic E-state index is 9.33. The summed E-state index contributed by atoms with van der Waals surface area (Å²) in [6.07, 6.45) is 9.43. The molecule has 2 heteroatoms. The molecular formula is C29H35NO. The van der Waals surface area contributed by atoms with Gasteiger partial charge in [-0.2, -0.15) is 5.26 Å². The molecule has 31 heavy (non-hydrogen) atoms. The quantitative estimate of drug-likeness (QED) is 0.518. The van der Waals surface area contributed by atoms with Crippen molar-refractivity contribution in [2.75, 3.05) is 0 Å². The van der Waals surface area contributed by atoms with Crippen LogP contribution in [0.15, 0.2) is 42.5 Å². The van der Waals surface area contributed by atoms with E-state index in [2.05, 4.69) is 62.4 Å². The van der Waals surface area contributed by atoms with E-state index in [1.54, 1.807) is 5.56 Å². The summed E-state index contributed by atoms with van der Waals surface area (Å²) in [7, 11) is 0. The van der Waals surface area contributed by atoms with Gasteiger partial charge in [-0.1, -0.05) is 50.2 Å². The molecule has 2 nitrogen and oxygen atoms in total. The van der Waals surface area contributed by atoms with Crippen molar-refractivity contribution in [3.8, 4) is 11.8 Å². The van der Waals surface area contributed by atoms with Crippen LogP contribution >= 0.6 is 0 Å². The number of hydrogen-bond donors (Lipinski definition) is 0. The molecule has 0 bridgehead atoms. The van der Waals surface area contributed by atoms with Crippen LogP contribution in [0.1, 0.15) is 80.5 Å². The molecule has 3 aliphatic carbocycles. The molecule has 3 unspecified atom stereocenters. The van der Waals surface area contributed by atoms with E-state index in [1.165, 1.54) is 55.2 Å². The van der Waals surface area contributed by atoms with Crippen LogP contribution in [0, 0.1) is 34.5 Å². The van der Waals surface area contributed by atoms with E-state index in [1.807, 2.05) is 0 Å². The van der Waals surface area contributed by atoms with Gasteiger partial charge in [0.2, 0.25) is 0 Å². The third-order valence-electron chi connectivity index (χ3n) is 9.06. The zero-order valence-corrected chi connectivity index (χ0v) is 19.1. The highest BCUT2D eigenvalue weighted by Crippen LogP contribution is 2.63. The number of hydrogen-bond acceptors (Lipinski definition) is 2. The number of benzene rings is 2. The Bertz CT molecular complexity index is 974. The lowest BCUT2D eigenvalue weighted by Gasteiger charge is -2.51. The van der Waals surface area contributed by atoms with Gasteiger partial charge in [0.05, 0.1) is 6.07 Å². The fraction of sp³-hybridized carbons (Fsp3) is 0.552. The third kappa shape index (κ3) is 3.57. The maximum absolute atomic E-state index is 9.33. The first kappa shape index (κ1) is 20.6. The molecule has 3 aliphatic rings. The van der Waals surface area contributed by atoms with E-state index in [0.717, 1.165) is 30.4 Å². The topological polar surface area (TPSA) is 33.0 Å². The summed E-state index contributed by atoms with van der Waals surface area (Å²) in [6, 6.07) is 17.8. The molecule has 0 radical (unpaired) electrons. The molecule has 2 aromatic rings. The Morgan fingerprint density at radius 1 is 1.10 bits per heavy atom. The molecule has 0 amide bonds. The van der Waals surface area contributed by atoms with Crippen molar-refractivity contribution in [2.45, 2.75) is 77.7 Å². The molecule has 0 N–H and O–H groups in total. The van der Waals surface area contributed by atoms with Crippen LogP contribution in [0.5, 0.6) is 5.75 Å². The Morgan fingerprint density at radius 2 is 1.94 bits per heavy atom. The lowest BCUT2D eigenvalue weighted by molar-refractivity contribution is 0.0297. The molecule has 5 rings (SSSR count). The van der Waals surface area contributed by atoms with Gasteiger partial charge in [0.25, 0.3) is 0 Å². The molecule has 0 heterocycles. The van der Waals surface area contributed by atoms with Gasteiger partial charge in [-0.3, -0.25) is 0 Å². The van der Waals surface area contributed by atoms with E-state index in [4.69, 9.17) is 4.74 Å². The van der Waals surface area contributed by atoms with Gasteiger partial charge in [0.1, 0.15) is 12.4 Å². The number of nitriles is 1. The van der Waals surface area contributed by atoms with Crippen LogP contribution in [0.3, 0.4) is 0 Å². The van der Waals surface area contributed by atoms with Crippen molar-refractivity contribution in [2.24, 2.45) is 23.2 Å². The maximum Gasteiger partial charge on any atom is 0.123 e. The van der Waals surface area contributed by atoms with Gasteiger partial charge < -0.3 is 4.74 Å². The largest absolute Gasteiger partial charge is 0.489 e. The standard InChI is InChI=1S/C29H35NO/c1-3-21-17-26-22(18-28(21)31-19-20-7-5-4-6-8-20)9-11-25-24(26)13-15-29(2)23(14-16-30)10-12-27(25)29/h4-8,17-18,23-25,27H,3,9-15,19H2,1-2H3/t23-,24?,25?,27?,29-/m1/s1. The first-order chi connectivity index (χ1) is 15.1. The lowest BCUT2D eigenvalue weighted by atomic mass is 9.54. The summed E-state index contributed by atoms with van der Waals surface area (Å²) in [5, 5.41) is 9.33. The van der Waals surface area contributed by atoms with E-state index in [0.29, 0.717) is 23.9 Å². The second kappa shape index (κ2) is 8.34. The summed E-state index contributed by atoms with van der Waals surface area (Å²) >= 11 is 0. The van der Waals surface area contributed by atoms with Gasteiger partial charge in [0, 0.05) is 6.42 Å². The van der Waals surface area contributed by atoms with Crippen LogP contribution in [-0.4, -0.2) is 0 Å². The minimum absolute atomic E-state index is 0.390. The van der Waals surface area contributed by atoms with Crippen LogP contribution < -0.4 is 4.74 Å². The van der Waals surface area contributed by atoms with Gasteiger partial charge in [-0.25, -0.2) is 0 Å². The highest BCUT2D eigenvalue weighted by molar-refractivity contribution is 5.46. The number of ether oxygens (including phenoxy) is 1.